The van der Waals surface area contributed by atoms with Crippen LogP contribution in [0, 0.1) is 6.92 Å². The predicted octanol–water partition coefficient (Wildman–Crippen LogP) is 1.32. The van der Waals surface area contributed by atoms with Gasteiger partial charge < -0.3 is 47.7 Å². The van der Waals surface area contributed by atoms with Gasteiger partial charge in [-0.3, -0.25) is 8.98 Å². The predicted molar refractivity (Wildman–Crippen MR) is 154 cm³/mol. The van der Waals surface area contributed by atoms with E-state index < -0.39 is 16.1 Å². The lowest BCUT2D eigenvalue weighted by Crippen LogP contribution is -2.15. The maximum Gasteiger partial charge on any atom is 0.305 e. The van der Waals surface area contributed by atoms with Crippen molar-refractivity contribution in [2.24, 2.45) is 0 Å². The Balaban J connectivity index is 1.70. The lowest BCUT2D eigenvalue weighted by molar-refractivity contribution is -0.138. The van der Waals surface area contributed by atoms with Crippen molar-refractivity contribution in [3.05, 3.63) is 29.8 Å². The number of benzene rings is 1. The standard InChI is InChI=1S/C28H48O14S/c1-26-2-4-27(5-3-26)43(31,32)42-25-24-41-23-22-40-21-20-39-19-18-38-17-16-37-15-14-36-13-12-35-11-10-34-9-8-33-7-6-28(29)30/h2-5H,6-25H2,1H3,(H,29,30). The van der Waals surface area contributed by atoms with Crippen molar-refractivity contribution in [1.82, 2.24) is 0 Å². The zero-order chi connectivity index (χ0) is 31.3. The number of carboxylic acid groups (broad SMARTS) is 1. The van der Waals surface area contributed by atoms with Gasteiger partial charge in [0.05, 0.1) is 137 Å². The molecule has 0 bridgehead atoms. The van der Waals surface area contributed by atoms with Crippen LogP contribution in [-0.4, -0.2) is 145 Å². The SMILES string of the molecule is Cc1ccc(S(=O)(=O)OCCOCCOCCOCCOCCOCCOCCOCCOCCOCCC(=O)O)cc1. The summed E-state index contributed by atoms with van der Waals surface area (Å²) in [5.74, 6) is -0.881. The Bertz CT molecular complexity index is 882. The first kappa shape index (κ1) is 39.3. The maximum absolute atomic E-state index is 12.1. The fourth-order valence-corrected chi connectivity index (χ4v) is 3.89. The number of aryl methyl sites for hydroxylation is 1. The molecule has 14 nitrogen and oxygen atoms in total. The second kappa shape index (κ2) is 27.8. The molecule has 0 aliphatic carbocycles. The maximum atomic E-state index is 12.1. The van der Waals surface area contributed by atoms with Crippen molar-refractivity contribution < 1.29 is 65.1 Å². The molecule has 1 aromatic rings. The van der Waals surface area contributed by atoms with Crippen LogP contribution in [-0.2, 0) is 61.7 Å². The molecule has 0 saturated carbocycles. The van der Waals surface area contributed by atoms with Crippen LogP contribution in [0.1, 0.15) is 12.0 Å². The molecule has 1 N–H and O–H groups in total. The Morgan fingerprint density at radius 3 is 1.09 bits per heavy atom. The molecule has 0 fully saturated rings. The number of rotatable bonds is 32. The molecule has 0 saturated heterocycles. The van der Waals surface area contributed by atoms with Gasteiger partial charge in [0, 0.05) is 0 Å². The van der Waals surface area contributed by atoms with E-state index in [4.69, 9.17) is 51.9 Å². The van der Waals surface area contributed by atoms with Crippen LogP contribution in [0.4, 0.5) is 0 Å². The highest BCUT2D eigenvalue weighted by molar-refractivity contribution is 7.86. The summed E-state index contributed by atoms with van der Waals surface area (Å²) in [4.78, 5) is 10.4. The second-order valence-corrected chi connectivity index (χ2v) is 10.4. The van der Waals surface area contributed by atoms with E-state index in [1.54, 1.807) is 12.1 Å². The van der Waals surface area contributed by atoms with E-state index in [2.05, 4.69) is 0 Å². The van der Waals surface area contributed by atoms with E-state index in [0.29, 0.717) is 106 Å². The summed E-state index contributed by atoms with van der Waals surface area (Å²) in [6.45, 7) is 8.97. The molecule has 1 aromatic carbocycles. The van der Waals surface area contributed by atoms with Gasteiger partial charge in [-0.15, -0.1) is 0 Å². The largest absolute Gasteiger partial charge is 0.481 e. The van der Waals surface area contributed by atoms with Crippen molar-refractivity contribution in [1.29, 1.82) is 0 Å². The highest BCUT2D eigenvalue weighted by Gasteiger charge is 2.14. The average Bonchev–Trinajstić information content (AvgIpc) is 2.98. The molecule has 0 spiro atoms. The minimum absolute atomic E-state index is 0.00977. The monoisotopic (exact) mass is 640 g/mol. The number of carbonyl (C=O) groups is 1. The van der Waals surface area contributed by atoms with Gasteiger partial charge in [0.25, 0.3) is 10.1 Å². The molecule has 0 heterocycles. The minimum atomic E-state index is -3.78. The van der Waals surface area contributed by atoms with Crippen molar-refractivity contribution in [2.45, 2.75) is 18.2 Å². The van der Waals surface area contributed by atoms with E-state index in [-0.39, 0.29) is 31.1 Å². The van der Waals surface area contributed by atoms with Crippen LogP contribution in [0.25, 0.3) is 0 Å². The van der Waals surface area contributed by atoms with Crippen LogP contribution in [0.3, 0.4) is 0 Å². The average molecular weight is 641 g/mol. The van der Waals surface area contributed by atoms with E-state index >= 15 is 0 Å². The summed E-state index contributed by atoms with van der Waals surface area (Å²) in [6.07, 6.45) is -0.00977. The molecule has 0 atom stereocenters. The number of ether oxygens (including phenoxy) is 9. The van der Waals surface area contributed by atoms with Gasteiger partial charge in [-0.05, 0) is 19.1 Å². The zero-order valence-electron chi connectivity index (χ0n) is 25.1. The fourth-order valence-electron chi connectivity index (χ4n) is 3.00. The van der Waals surface area contributed by atoms with E-state index in [9.17, 15) is 13.2 Å². The van der Waals surface area contributed by atoms with Gasteiger partial charge in [0.1, 0.15) is 0 Å². The number of aliphatic carboxylic acids is 1. The van der Waals surface area contributed by atoms with Gasteiger partial charge in [-0.25, -0.2) is 0 Å². The van der Waals surface area contributed by atoms with Crippen molar-refractivity contribution in [3.63, 3.8) is 0 Å². The Morgan fingerprint density at radius 2 is 0.791 bits per heavy atom. The molecule has 0 unspecified atom stereocenters. The molecule has 43 heavy (non-hydrogen) atoms. The Hall–Kier alpha value is -1.76. The van der Waals surface area contributed by atoms with Crippen LogP contribution in [0.5, 0.6) is 0 Å². The summed E-state index contributed by atoms with van der Waals surface area (Å²) in [5, 5.41) is 8.48. The summed E-state index contributed by atoms with van der Waals surface area (Å²) >= 11 is 0. The minimum Gasteiger partial charge on any atom is -0.481 e. The van der Waals surface area contributed by atoms with Crippen LogP contribution in [0.15, 0.2) is 29.2 Å². The summed E-state index contributed by atoms with van der Waals surface area (Å²) < 4.78 is 77.3. The van der Waals surface area contributed by atoms with Crippen LogP contribution >= 0.6 is 0 Å². The topological polar surface area (TPSA) is 164 Å². The van der Waals surface area contributed by atoms with Crippen LogP contribution < -0.4 is 0 Å². The summed E-state index contributed by atoms with van der Waals surface area (Å²) in [6, 6.07) is 6.46. The van der Waals surface area contributed by atoms with Crippen molar-refractivity contribution >= 4 is 16.1 Å². The third-order valence-corrected chi connectivity index (χ3v) is 6.54. The molecule has 0 aromatic heterocycles. The lowest BCUT2D eigenvalue weighted by Gasteiger charge is -2.09. The van der Waals surface area contributed by atoms with Crippen LogP contribution in [0.2, 0.25) is 0 Å². The third kappa shape index (κ3) is 25.3. The molecular formula is C28H48O14S. The molecule has 0 aliphatic rings. The normalized spacial score (nSPS) is 11.7. The van der Waals surface area contributed by atoms with E-state index in [1.807, 2.05) is 6.92 Å². The first-order valence-electron chi connectivity index (χ1n) is 14.3. The first-order chi connectivity index (χ1) is 20.9. The third-order valence-electron chi connectivity index (χ3n) is 5.21. The quantitative estimate of drug-likeness (QED) is 0.0886. The summed E-state index contributed by atoms with van der Waals surface area (Å²) in [5.41, 5.74) is 0.971. The second-order valence-electron chi connectivity index (χ2n) is 8.74. The Morgan fingerprint density at radius 1 is 0.512 bits per heavy atom. The fraction of sp³-hybridized carbons (Fsp3) is 0.750. The van der Waals surface area contributed by atoms with Gasteiger partial charge in [0.15, 0.2) is 0 Å². The van der Waals surface area contributed by atoms with Gasteiger partial charge >= 0.3 is 5.97 Å². The van der Waals surface area contributed by atoms with E-state index in [1.165, 1.54) is 12.1 Å². The molecule has 15 heteroatoms. The zero-order valence-corrected chi connectivity index (χ0v) is 25.9. The molecule has 0 amide bonds. The molecule has 0 radical (unpaired) electrons. The number of carboxylic acids is 1. The number of hydrogen-bond acceptors (Lipinski definition) is 13. The Kier molecular flexibility index (Phi) is 25.4. The van der Waals surface area contributed by atoms with E-state index in [0.717, 1.165) is 5.56 Å². The Labute approximate surface area is 254 Å². The first-order valence-corrected chi connectivity index (χ1v) is 15.7. The lowest BCUT2D eigenvalue weighted by atomic mass is 10.2. The van der Waals surface area contributed by atoms with Gasteiger partial charge in [-0.2, -0.15) is 8.42 Å². The molecule has 0 aliphatic heterocycles. The smallest absolute Gasteiger partial charge is 0.305 e. The molecule has 250 valence electrons. The van der Waals surface area contributed by atoms with Crippen molar-refractivity contribution in [3.8, 4) is 0 Å². The highest BCUT2D eigenvalue weighted by Crippen LogP contribution is 2.12. The van der Waals surface area contributed by atoms with Gasteiger partial charge in [-0.1, -0.05) is 17.7 Å². The summed E-state index contributed by atoms with van der Waals surface area (Å²) in [7, 11) is -3.78. The highest BCUT2D eigenvalue weighted by atomic mass is 32.2. The number of hydrogen-bond donors (Lipinski definition) is 1. The van der Waals surface area contributed by atoms with Crippen molar-refractivity contribution in [2.75, 3.05) is 126 Å². The van der Waals surface area contributed by atoms with Gasteiger partial charge in [0.2, 0.25) is 0 Å². The molecular weight excluding hydrogens is 592 g/mol. The molecule has 1 rings (SSSR count).